The van der Waals surface area contributed by atoms with Gasteiger partial charge in [-0.3, -0.25) is 4.79 Å². The zero-order valence-corrected chi connectivity index (χ0v) is 16.7. The number of carbonyl (C=O) groups excluding carboxylic acids is 1. The molecule has 3 rings (SSSR count). The number of aromatic nitrogens is 2. The van der Waals surface area contributed by atoms with Crippen LogP contribution in [0.1, 0.15) is 37.9 Å². The lowest BCUT2D eigenvalue weighted by Gasteiger charge is -2.20. The van der Waals surface area contributed by atoms with Gasteiger partial charge in [0.25, 0.3) is 0 Å². The van der Waals surface area contributed by atoms with E-state index >= 15 is 0 Å². The van der Waals surface area contributed by atoms with Crippen LogP contribution in [-0.4, -0.2) is 35.0 Å². The molecule has 30 heavy (non-hydrogen) atoms. The summed E-state index contributed by atoms with van der Waals surface area (Å²) in [6.07, 6.45) is -2.53. The van der Waals surface area contributed by atoms with E-state index in [0.717, 1.165) is 24.6 Å². The highest BCUT2D eigenvalue weighted by molar-refractivity contribution is 5.73. The minimum absolute atomic E-state index is 0.00921. The van der Waals surface area contributed by atoms with Crippen molar-refractivity contribution in [3.8, 4) is 0 Å². The number of amides is 1. The molecule has 1 aromatic heterocycles. The molecule has 1 saturated heterocycles. The van der Waals surface area contributed by atoms with Crippen LogP contribution in [0.2, 0.25) is 0 Å². The lowest BCUT2D eigenvalue weighted by Crippen LogP contribution is -2.35. The van der Waals surface area contributed by atoms with E-state index in [4.69, 9.17) is 0 Å². The average Bonchev–Trinajstić information content (AvgIpc) is 3.10. The molecule has 1 aliphatic heterocycles. The highest BCUT2D eigenvalue weighted by Crippen LogP contribution is 2.33. The molecule has 0 spiro atoms. The van der Waals surface area contributed by atoms with E-state index in [2.05, 4.69) is 20.6 Å². The maximum atomic E-state index is 13.5. The van der Waals surface area contributed by atoms with Crippen LogP contribution in [0.4, 0.5) is 35.0 Å². The summed E-state index contributed by atoms with van der Waals surface area (Å²) in [6, 6.07) is 4.53. The quantitative estimate of drug-likeness (QED) is 0.684. The van der Waals surface area contributed by atoms with Crippen molar-refractivity contribution in [2.24, 2.45) is 0 Å². The van der Waals surface area contributed by atoms with Crippen LogP contribution in [0.25, 0.3) is 0 Å². The lowest BCUT2D eigenvalue weighted by atomic mass is 10.2. The van der Waals surface area contributed by atoms with Gasteiger partial charge in [-0.25, -0.2) is 9.37 Å². The van der Waals surface area contributed by atoms with Crippen LogP contribution in [0, 0.1) is 5.82 Å². The second-order valence-electron chi connectivity index (χ2n) is 7.24. The van der Waals surface area contributed by atoms with Crippen molar-refractivity contribution in [2.75, 3.05) is 23.3 Å². The summed E-state index contributed by atoms with van der Waals surface area (Å²) in [5.74, 6) is -0.675. The van der Waals surface area contributed by atoms with E-state index in [1.807, 2.05) is 17.9 Å². The Kier molecular flexibility index (Phi) is 6.42. The van der Waals surface area contributed by atoms with E-state index in [1.54, 1.807) is 0 Å². The van der Waals surface area contributed by atoms with Gasteiger partial charge >= 0.3 is 6.18 Å². The van der Waals surface area contributed by atoms with E-state index in [9.17, 15) is 22.4 Å². The topological polar surface area (TPSA) is 70.2 Å². The summed E-state index contributed by atoms with van der Waals surface area (Å²) in [6.45, 7) is 4.72. The molecular weight excluding hydrogens is 402 g/mol. The number of alkyl halides is 3. The largest absolute Gasteiger partial charge is 0.419 e. The van der Waals surface area contributed by atoms with E-state index in [1.165, 1.54) is 13.0 Å². The lowest BCUT2D eigenvalue weighted by molar-refractivity contribution is -0.140. The van der Waals surface area contributed by atoms with Crippen LogP contribution in [0.3, 0.4) is 0 Å². The summed E-state index contributed by atoms with van der Waals surface area (Å²) in [7, 11) is 0. The minimum Gasteiger partial charge on any atom is -0.354 e. The number of nitrogens with zero attached hydrogens (tertiary/aromatic N) is 3. The fourth-order valence-corrected chi connectivity index (χ4v) is 3.41. The summed E-state index contributed by atoms with van der Waals surface area (Å²) in [5.41, 5.74) is -0.567. The summed E-state index contributed by atoms with van der Waals surface area (Å²) < 4.78 is 52.5. The Balaban J connectivity index is 1.86. The Morgan fingerprint density at radius 1 is 1.27 bits per heavy atom. The van der Waals surface area contributed by atoms with Gasteiger partial charge in [0.15, 0.2) is 0 Å². The van der Waals surface area contributed by atoms with Crippen molar-refractivity contribution in [2.45, 2.75) is 45.3 Å². The number of nitrogens with one attached hydrogen (secondary N) is 2. The number of benzene rings is 1. The summed E-state index contributed by atoms with van der Waals surface area (Å²) in [5, 5.41) is 5.64. The molecule has 162 valence electrons. The van der Waals surface area contributed by atoms with Gasteiger partial charge in [-0.2, -0.15) is 18.2 Å². The molecule has 1 amide bonds. The van der Waals surface area contributed by atoms with Crippen molar-refractivity contribution in [3.05, 3.63) is 41.3 Å². The maximum absolute atomic E-state index is 13.5. The molecule has 2 aromatic rings. The number of halogens is 4. The minimum atomic E-state index is -4.80. The predicted octanol–water partition coefficient (Wildman–Crippen LogP) is 4.05. The first-order valence-electron chi connectivity index (χ1n) is 9.69. The number of aryl methyl sites for hydroxylation is 1. The standard InChI is InChI=1S/C20H23F4N5O/c1-3-4-13-10-18(29-8-7-15(11-29)25-12(2)30)28-19(26-13)27-14-5-6-17(21)16(9-14)20(22,23)24/h5-6,9-10,15H,3-4,7-8,11H2,1-2H3,(H,25,30)(H,26,27,28). The van der Waals surface area contributed by atoms with Gasteiger partial charge < -0.3 is 15.5 Å². The van der Waals surface area contributed by atoms with Crippen molar-refractivity contribution < 1.29 is 22.4 Å². The van der Waals surface area contributed by atoms with Gasteiger partial charge in [0.2, 0.25) is 11.9 Å². The van der Waals surface area contributed by atoms with Crippen LogP contribution in [0.15, 0.2) is 24.3 Å². The first-order valence-corrected chi connectivity index (χ1v) is 9.69. The highest BCUT2D eigenvalue weighted by Gasteiger charge is 2.34. The van der Waals surface area contributed by atoms with Gasteiger partial charge in [-0.15, -0.1) is 0 Å². The highest BCUT2D eigenvalue weighted by atomic mass is 19.4. The molecule has 6 nitrogen and oxygen atoms in total. The van der Waals surface area contributed by atoms with E-state index in [0.29, 0.717) is 31.4 Å². The zero-order valence-electron chi connectivity index (χ0n) is 16.7. The molecule has 2 N–H and O–H groups in total. The first kappa shape index (κ1) is 21.8. The van der Waals surface area contributed by atoms with Crippen molar-refractivity contribution in [3.63, 3.8) is 0 Å². The van der Waals surface area contributed by atoms with Crippen LogP contribution in [0.5, 0.6) is 0 Å². The van der Waals surface area contributed by atoms with Crippen LogP contribution in [-0.2, 0) is 17.4 Å². The molecule has 0 saturated carbocycles. The second kappa shape index (κ2) is 8.85. The van der Waals surface area contributed by atoms with Gasteiger partial charge in [0, 0.05) is 43.5 Å². The van der Waals surface area contributed by atoms with Crippen molar-refractivity contribution in [1.29, 1.82) is 0 Å². The molecule has 1 aliphatic rings. The average molecular weight is 425 g/mol. The molecule has 1 atom stereocenters. The predicted molar refractivity (Wildman–Crippen MR) is 105 cm³/mol. The van der Waals surface area contributed by atoms with Gasteiger partial charge in [0.05, 0.1) is 5.56 Å². The number of rotatable bonds is 6. The third kappa shape index (κ3) is 5.37. The molecule has 1 unspecified atom stereocenters. The van der Waals surface area contributed by atoms with Crippen LogP contribution < -0.4 is 15.5 Å². The van der Waals surface area contributed by atoms with E-state index < -0.39 is 17.6 Å². The molecular formula is C20H23F4N5O. The molecule has 0 aliphatic carbocycles. The zero-order chi connectivity index (χ0) is 21.9. The fraction of sp³-hybridized carbons (Fsp3) is 0.450. The normalized spacial score (nSPS) is 16.6. The first-order chi connectivity index (χ1) is 14.2. The molecule has 0 radical (unpaired) electrons. The Morgan fingerprint density at radius 2 is 2.03 bits per heavy atom. The number of hydrogen-bond acceptors (Lipinski definition) is 5. The number of carbonyl (C=O) groups is 1. The fourth-order valence-electron chi connectivity index (χ4n) is 3.41. The molecule has 1 fully saturated rings. The monoisotopic (exact) mass is 425 g/mol. The maximum Gasteiger partial charge on any atom is 0.419 e. The SMILES string of the molecule is CCCc1cc(N2CCC(NC(C)=O)C2)nc(Nc2ccc(F)c(C(F)(F)F)c2)n1. The van der Waals surface area contributed by atoms with Gasteiger partial charge in [-0.1, -0.05) is 13.3 Å². The molecule has 2 heterocycles. The molecule has 10 heteroatoms. The second-order valence-corrected chi connectivity index (χ2v) is 7.24. The third-order valence-corrected chi connectivity index (χ3v) is 4.72. The third-order valence-electron chi connectivity index (χ3n) is 4.72. The molecule has 1 aromatic carbocycles. The Bertz CT molecular complexity index is 919. The summed E-state index contributed by atoms with van der Waals surface area (Å²) >= 11 is 0. The van der Waals surface area contributed by atoms with Gasteiger partial charge in [0.1, 0.15) is 11.6 Å². The smallest absolute Gasteiger partial charge is 0.354 e. The Labute approximate surface area is 171 Å². The summed E-state index contributed by atoms with van der Waals surface area (Å²) in [4.78, 5) is 22.1. The number of anilines is 3. The number of hydrogen-bond donors (Lipinski definition) is 2. The van der Waals surface area contributed by atoms with Crippen molar-refractivity contribution in [1.82, 2.24) is 15.3 Å². The molecule has 0 bridgehead atoms. The van der Waals surface area contributed by atoms with Gasteiger partial charge in [-0.05, 0) is 31.0 Å². The Hall–Kier alpha value is -2.91. The Morgan fingerprint density at radius 3 is 2.70 bits per heavy atom. The van der Waals surface area contributed by atoms with Crippen molar-refractivity contribution >= 4 is 23.4 Å². The van der Waals surface area contributed by atoms with E-state index in [-0.39, 0.29) is 23.6 Å². The van der Waals surface area contributed by atoms with Crippen LogP contribution >= 0.6 is 0 Å².